The Morgan fingerprint density at radius 2 is 2.05 bits per heavy atom. The maximum absolute atomic E-state index is 11.9. The monoisotopic (exact) mass is 302 g/mol. The molecule has 0 bridgehead atoms. The Labute approximate surface area is 134 Å². The van der Waals surface area contributed by atoms with Crippen LogP contribution in [-0.4, -0.2) is 11.1 Å². The van der Waals surface area contributed by atoms with Crippen molar-refractivity contribution in [3.05, 3.63) is 23.3 Å². The summed E-state index contributed by atoms with van der Waals surface area (Å²) in [6.45, 7) is 8.91. The lowest BCUT2D eigenvalue weighted by atomic mass is 9.46. The lowest BCUT2D eigenvalue weighted by molar-refractivity contribution is -0.164. The third-order valence-corrected chi connectivity index (χ3v) is 7.04. The van der Waals surface area contributed by atoms with Crippen molar-refractivity contribution >= 4 is 5.97 Å². The van der Waals surface area contributed by atoms with Gasteiger partial charge < -0.3 is 5.11 Å². The molecule has 0 aliphatic heterocycles. The molecule has 3 aliphatic rings. The van der Waals surface area contributed by atoms with E-state index in [-0.39, 0.29) is 5.41 Å². The number of carboxylic acid groups (broad SMARTS) is 1. The fourth-order valence-electron chi connectivity index (χ4n) is 5.67. The Kier molecular flexibility index (Phi) is 3.78. The predicted molar refractivity (Wildman–Crippen MR) is 89.5 cm³/mol. The first kappa shape index (κ1) is 15.8. The van der Waals surface area contributed by atoms with Gasteiger partial charge in [0.2, 0.25) is 0 Å². The first-order valence-corrected chi connectivity index (χ1v) is 8.93. The molecule has 0 unspecified atom stereocenters. The predicted octanol–water partition coefficient (Wildman–Crippen LogP) is 5.21. The van der Waals surface area contributed by atoms with E-state index in [1.54, 1.807) is 5.57 Å². The molecule has 0 saturated heterocycles. The Hall–Kier alpha value is -1.05. The first-order valence-electron chi connectivity index (χ1n) is 8.93. The fraction of sp³-hybridized carbons (Fsp3) is 0.750. The average Bonchev–Trinajstić information content (AvgIpc) is 2.46. The minimum Gasteiger partial charge on any atom is -0.481 e. The van der Waals surface area contributed by atoms with Crippen LogP contribution in [0.25, 0.3) is 0 Å². The molecule has 4 atom stereocenters. The summed E-state index contributed by atoms with van der Waals surface area (Å²) >= 11 is 0. The second kappa shape index (κ2) is 5.25. The van der Waals surface area contributed by atoms with Crippen LogP contribution in [0, 0.1) is 28.6 Å². The van der Waals surface area contributed by atoms with Crippen molar-refractivity contribution in [1.82, 2.24) is 0 Å². The highest BCUT2D eigenvalue weighted by atomic mass is 16.4. The minimum absolute atomic E-state index is 0.161. The zero-order valence-corrected chi connectivity index (χ0v) is 14.5. The zero-order chi connectivity index (χ0) is 16.1. The van der Waals surface area contributed by atoms with Gasteiger partial charge in [0, 0.05) is 0 Å². The van der Waals surface area contributed by atoms with Crippen LogP contribution in [0.2, 0.25) is 0 Å². The molecule has 0 aromatic carbocycles. The summed E-state index contributed by atoms with van der Waals surface area (Å²) < 4.78 is 0. The number of carbonyl (C=O) groups is 1. The number of carboxylic acids is 1. The molecule has 0 aromatic rings. The summed E-state index contributed by atoms with van der Waals surface area (Å²) in [5.74, 6) is 0.898. The fourth-order valence-corrected chi connectivity index (χ4v) is 5.67. The Morgan fingerprint density at radius 1 is 1.32 bits per heavy atom. The maximum Gasteiger partial charge on any atom is 0.309 e. The molecular weight excluding hydrogens is 272 g/mol. The molecule has 0 radical (unpaired) electrons. The summed E-state index contributed by atoms with van der Waals surface area (Å²) in [7, 11) is 0. The number of allylic oxidation sites excluding steroid dienone is 4. The van der Waals surface area contributed by atoms with Gasteiger partial charge in [0.15, 0.2) is 0 Å². The van der Waals surface area contributed by atoms with E-state index in [9.17, 15) is 9.90 Å². The first-order chi connectivity index (χ1) is 10.3. The Morgan fingerprint density at radius 3 is 2.68 bits per heavy atom. The topological polar surface area (TPSA) is 37.3 Å². The van der Waals surface area contributed by atoms with E-state index in [0.717, 1.165) is 32.1 Å². The van der Waals surface area contributed by atoms with E-state index in [1.165, 1.54) is 12.0 Å². The molecule has 2 fully saturated rings. The Balaban J connectivity index is 1.95. The van der Waals surface area contributed by atoms with Gasteiger partial charge in [-0.15, -0.1) is 0 Å². The lowest BCUT2D eigenvalue weighted by Gasteiger charge is -2.57. The van der Waals surface area contributed by atoms with E-state index >= 15 is 0 Å². The van der Waals surface area contributed by atoms with Gasteiger partial charge in [-0.3, -0.25) is 4.79 Å². The van der Waals surface area contributed by atoms with E-state index in [0.29, 0.717) is 17.8 Å². The molecule has 2 heteroatoms. The van der Waals surface area contributed by atoms with Gasteiger partial charge in [-0.2, -0.15) is 0 Å². The largest absolute Gasteiger partial charge is 0.481 e. The molecule has 0 aromatic heterocycles. The van der Waals surface area contributed by atoms with E-state index in [1.807, 2.05) is 6.92 Å². The van der Waals surface area contributed by atoms with Gasteiger partial charge >= 0.3 is 5.97 Å². The molecule has 2 nitrogen and oxygen atoms in total. The van der Waals surface area contributed by atoms with Gasteiger partial charge in [0.05, 0.1) is 5.41 Å². The van der Waals surface area contributed by atoms with Crippen LogP contribution in [0.1, 0.15) is 66.2 Å². The van der Waals surface area contributed by atoms with Crippen LogP contribution in [0.4, 0.5) is 0 Å². The van der Waals surface area contributed by atoms with Crippen molar-refractivity contribution in [1.29, 1.82) is 0 Å². The minimum atomic E-state index is -0.579. The number of hydrogen-bond donors (Lipinski definition) is 1. The molecule has 1 N–H and O–H groups in total. The van der Waals surface area contributed by atoms with Crippen molar-refractivity contribution in [2.75, 3.05) is 0 Å². The van der Waals surface area contributed by atoms with Gasteiger partial charge in [0.1, 0.15) is 0 Å². The highest BCUT2D eigenvalue weighted by Gasteiger charge is 2.57. The summed E-state index contributed by atoms with van der Waals surface area (Å²) in [6, 6.07) is 0. The van der Waals surface area contributed by atoms with Crippen LogP contribution in [0.15, 0.2) is 23.3 Å². The summed E-state index contributed by atoms with van der Waals surface area (Å²) in [6.07, 6.45) is 11.2. The maximum atomic E-state index is 11.9. The smallest absolute Gasteiger partial charge is 0.309 e. The highest BCUT2D eigenvalue weighted by molar-refractivity contribution is 5.75. The molecule has 22 heavy (non-hydrogen) atoms. The van der Waals surface area contributed by atoms with Crippen molar-refractivity contribution in [3.8, 4) is 0 Å². The quantitative estimate of drug-likeness (QED) is 0.760. The lowest BCUT2D eigenvalue weighted by Crippen LogP contribution is -2.53. The second-order valence-electron chi connectivity index (χ2n) is 8.54. The molecule has 2 saturated carbocycles. The van der Waals surface area contributed by atoms with Crippen LogP contribution < -0.4 is 0 Å². The summed E-state index contributed by atoms with van der Waals surface area (Å²) in [5, 5.41) is 9.84. The highest BCUT2D eigenvalue weighted by Crippen LogP contribution is 2.62. The molecular formula is C20H30O2. The molecule has 0 heterocycles. The van der Waals surface area contributed by atoms with Crippen LogP contribution >= 0.6 is 0 Å². The molecule has 3 aliphatic carbocycles. The number of rotatable bonds is 2. The van der Waals surface area contributed by atoms with Crippen molar-refractivity contribution in [3.63, 3.8) is 0 Å². The standard InChI is InChI=1S/C20H30O2/c1-13(2)14-6-8-16-15(12-14)7-9-17-19(16,3)10-5-11-20(17,4)18(21)22/h6,12-13,16-17H,5,7-11H2,1-4H3,(H,21,22)/t16-,17+,19+,20-/m0/s1. The van der Waals surface area contributed by atoms with Gasteiger partial charge in [0.25, 0.3) is 0 Å². The second-order valence-corrected chi connectivity index (χ2v) is 8.54. The SMILES string of the molecule is CC(C)C1=CC[C@H]2C(=C1)CC[C@@H]1[C@]2(C)CCC[C@]1(C)C(=O)O. The number of aliphatic carboxylic acids is 1. The van der Waals surface area contributed by atoms with Crippen molar-refractivity contribution in [2.45, 2.75) is 66.2 Å². The van der Waals surface area contributed by atoms with E-state index in [4.69, 9.17) is 0 Å². The van der Waals surface area contributed by atoms with Crippen LogP contribution in [-0.2, 0) is 4.79 Å². The number of hydrogen-bond acceptors (Lipinski definition) is 1. The van der Waals surface area contributed by atoms with Gasteiger partial charge in [-0.05, 0) is 67.8 Å². The Bertz CT molecular complexity index is 542. The molecule has 3 rings (SSSR count). The average molecular weight is 302 g/mol. The summed E-state index contributed by atoms with van der Waals surface area (Å²) in [4.78, 5) is 11.9. The third kappa shape index (κ3) is 2.18. The zero-order valence-electron chi connectivity index (χ0n) is 14.5. The molecule has 0 amide bonds. The third-order valence-electron chi connectivity index (χ3n) is 7.04. The van der Waals surface area contributed by atoms with E-state index in [2.05, 4.69) is 32.9 Å². The molecule has 122 valence electrons. The molecule has 0 spiro atoms. The van der Waals surface area contributed by atoms with Gasteiger partial charge in [-0.1, -0.05) is 44.9 Å². The summed E-state index contributed by atoms with van der Waals surface area (Å²) in [5.41, 5.74) is 2.71. The van der Waals surface area contributed by atoms with Crippen LogP contribution in [0.5, 0.6) is 0 Å². The normalized spacial score (nSPS) is 41.3. The number of fused-ring (bicyclic) bond motifs is 3. The van der Waals surface area contributed by atoms with Crippen molar-refractivity contribution < 1.29 is 9.90 Å². The van der Waals surface area contributed by atoms with Gasteiger partial charge in [-0.25, -0.2) is 0 Å². The van der Waals surface area contributed by atoms with E-state index < -0.39 is 11.4 Å². The van der Waals surface area contributed by atoms with Crippen molar-refractivity contribution in [2.24, 2.45) is 28.6 Å². The van der Waals surface area contributed by atoms with Crippen LogP contribution in [0.3, 0.4) is 0 Å².